The van der Waals surface area contributed by atoms with Gasteiger partial charge in [0.15, 0.2) is 23.3 Å². The van der Waals surface area contributed by atoms with Crippen molar-refractivity contribution in [1.29, 1.82) is 0 Å². The molecule has 0 unspecified atom stereocenters. The molecule has 0 amide bonds. The summed E-state index contributed by atoms with van der Waals surface area (Å²) in [6.07, 6.45) is 0. The first-order chi connectivity index (χ1) is 6.54. The maximum Gasteiger partial charge on any atom is 0.166 e. The van der Waals surface area contributed by atoms with Crippen molar-refractivity contribution in [1.82, 2.24) is 0 Å². The summed E-state index contributed by atoms with van der Waals surface area (Å²) in [7, 11) is 0. The molecule has 0 aliphatic heterocycles. The van der Waals surface area contributed by atoms with Gasteiger partial charge in [-0.2, -0.15) is 0 Å². The van der Waals surface area contributed by atoms with Gasteiger partial charge in [0.1, 0.15) is 0 Å². The highest BCUT2D eigenvalue weighted by molar-refractivity contribution is 5.85. The van der Waals surface area contributed by atoms with Gasteiger partial charge in [0.05, 0.1) is 0 Å². The molecule has 0 aromatic heterocycles. The number of nitrogens with two attached hydrogens (primary N) is 2. The Balaban J connectivity index is 0. The Hall–Kier alpha value is -0.560. The minimum absolute atomic E-state index is 0. The zero-order valence-corrected chi connectivity index (χ0v) is 9.53. The molecular formula is C8H10Cl2F4N2. The zero-order chi connectivity index (χ0) is 10.9. The summed E-state index contributed by atoms with van der Waals surface area (Å²) in [6, 6.07) is 0. The molecule has 0 spiro atoms. The van der Waals surface area contributed by atoms with Gasteiger partial charge in [0.2, 0.25) is 0 Å². The molecule has 0 bridgehead atoms. The molecule has 0 aliphatic carbocycles. The van der Waals surface area contributed by atoms with E-state index in [-0.39, 0.29) is 24.8 Å². The lowest BCUT2D eigenvalue weighted by Crippen LogP contribution is -2.14. The largest absolute Gasteiger partial charge is 0.326 e. The SMILES string of the molecule is Cl.Cl.NCc1c(F)c(F)c(CN)c(F)c1F. The van der Waals surface area contributed by atoms with Gasteiger partial charge in [-0.25, -0.2) is 17.6 Å². The van der Waals surface area contributed by atoms with E-state index in [1.807, 2.05) is 0 Å². The molecule has 2 nitrogen and oxygen atoms in total. The lowest BCUT2D eigenvalue weighted by atomic mass is 10.1. The van der Waals surface area contributed by atoms with E-state index in [1.165, 1.54) is 0 Å². The van der Waals surface area contributed by atoms with Crippen molar-refractivity contribution in [2.75, 3.05) is 0 Å². The standard InChI is InChI=1S/C8H8F4N2.2ClH/c9-5-3(1-13)6(10)8(12)4(2-14)7(5)11;;/h1-2,13-14H2;2*1H. The van der Waals surface area contributed by atoms with Gasteiger partial charge in [-0.3, -0.25) is 0 Å². The molecule has 16 heavy (non-hydrogen) atoms. The molecule has 0 aliphatic rings. The first-order valence-electron chi connectivity index (χ1n) is 3.78. The maximum absolute atomic E-state index is 13.0. The molecule has 8 heteroatoms. The van der Waals surface area contributed by atoms with Crippen molar-refractivity contribution in [3.05, 3.63) is 34.4 Å². The molecule has 0 heterocycles. The van der Waals surface area contributed by atoms with Crippen LogP contribution in [-0.2, 0) is 13.1 Å². The Morgan fingerprint density at radius 1 is 0.625 bits per heavy atom. The molecule has 0 atom stereocenters. The van der Waals surface area contributed by atoms with Crippen molar-refractivity contribution in [2.45, 2.75) is 13.1 Å². The van der Waals surface area contributed by atoms with E-state index in [4.69, 9.17) is 11.5 Å². The van der Waals surface area contributed by atoms with E-state index in [9.17, 15) is 17.6 Å². The Morgan fingerprint density at radius 2 is 0.812 bits per heavy atom. The second-order valence-electron chi connectivity index (χ2n) is 2.62. The Morgan fingerprint density at radius 3 is 0.938 bits per heavy atom. The first-order valence-corrected chi connectivity index (χ1v) is 3.78. The van der Waals surface area contributed by atoms with Crippen LogP contribution in [0.4, 0.5) is 17.6 Å². The lowest BCUT2D eigenvalue weighted by molar-refractivity contribution is 0.426. The fourth-order valence-electron chi connectivity index (χ4n) is 1.08. The van der Waals surface area contributed by atoms with Crippen molar-refractivity contribution < 1.29 is 17.6 Å². The minimum Gasteiger partial charge on any atom is -0.326 e. The van der Waals surface area contributed by atoms with Gasteiger partial charge in [-0.1, -0.05) is 0 Å². The molecule has 94 valence electrons. The molecule has 0 saturated heterocycles. The molecular weight excluding hydrogens is 271 g/mol. The normalized spacial score (nSPS) is 9.38. The van der Waals surface area contributed by atoms with E-state index < -0.39 is 47.5 Å². The topological polar surface area (TPSA) is 52.0 Å². The van der Waals surface area contributed by atoms with Crippen LogP contribution in [-0.4, -0.2) is 0 Å². The van der Waals surface area contributed by atoms with E-state index >= 15 is 0 Å². The lowest BCUT2D eigenvalue weighted by Gasteiger charge is -2.08. The predicted octanol–water partition coefficient (Wildman–Crippen LogP) is 2.00. The van der Waals surface area contributed by atoms with Crippen LogP contribution in [0.1, 0.15) is 11.1 Å². The zero-order valence-electron chi connectivity index (χ0n) is 7.90. The van der Waals surface area contributed by atoms with E-state index in [0.29, 0.717) is 0 Å². The van der Waals surface area contributed by atoms with Crippen LogP contribution in [0.15, 0.2) is 0 Å². The molecule has 0 radical (unpaired) electrons. The molecule has 4 N–H and O–H groups in total. The van der Waals surface area contributed by atoms with Crippen LogP contribution < -0.4 is 11.5 Å². The highest BCUT2D eigenvalue weighted by Gasteiger charge is 2.23. The monoisotopic (exact) mass is 280 g/mol. The minimum atomic E-state index is -1.48. The molecule has 1 aromatic rings. The number of benzene rings is 1. The fraction of sp³-hybridized carbons (Fsp3) is 0.250. The Kier molecular flexibility index (Phi) is 7.69. The quantitative estimate of drug-likeness (QED) is 0.643. The summed E-state index contributed by atoms with van der Waals surface area (Å²) < 4.78 is 51.9. The molecule has 1 rings (SSSR count). The summed E-state index contributed by atoms with van der Waals surface area (Å²) >= 11 is 0. The van der Waals surface area contributed by atoms with E-state index in [0.717, 1.165) is 0 Å². The van der Waals surface area contributed by atoms with Crippen molar-refractivity contribution in [3.63, 3.8) is 0 Å². The van der Waals surface area contributed by atoms with Crippen LogP contribution in [0, 0.1) is 23.3 Å². The van der Waals surface area contributed by atoms with Crippen LogP contribution in [0.2, 0.25) is 0 Å². The Labute approximate surface area is 102 Å². The highest BCUT2D eigenvalue weighted by atomic mass is 35.5. The van der Waals surface area contributed by atoms with Crippen molar-refractivity contribution in [2.24, 2.45) is 11.5 Å². The van der Waals surface area contributed by atoms with Crippen LogP contribution in [0.3, 0.4) is 0 Å². The summed E-state index contributed by atoms with van der Waals surface area (Å²) in [5.74, 6) is -5.92. The van der Waals surface area contributed by atoms with E-state index in [1.54, 1.807) is 0 Å². The van der Waals surface area contributed by atoms with Gasteiger partial charge in [0, 0.05) is 24.2 Å². The van der Waals surface area contributed by atoms with Gasteiger partial charge in [-0.05, 0) is 0 Å². The second-order valence-corrected chi connectivity index (χ2v) is 2.62. The third-order valence-corrected chi connectivity index (χ3v) is 1.85. The summed E-state index contributed by atoms with van der Waals surface area (Å²) in [6.45, 7) is -1.23. The third-order valence-electron chi connectivity index (χ3n) is 1.85. The summed E-state index contributed by atoms with van der Waals surface area (Å²) in [5, 5.41) is 0. The van der Waals surface area contributed by atoms with Crippen molar-refractivity contribution in [3.8, 4) is 0 Å². The van der Waals surface area contributed by atoms with Gasteiger partial charge >= 0.3 is 0 Å². The maximum atomic E-state index is 13.0. The number of halogens is 6. The number of hydrogen-bond donors (Lipinski definition) is 2. The summed E-state index contributed by atoms with van der Waals surface area (Å²) in [4.78, 5) is 0. The van der Waals surface area contributed by atoms with Gasteiger partial charge in [0.25, 0.3) is 0 Å². The summed E-state index contributed by atoms with van der Waals surface area (Å²) in [5.41, 5.74) is 8.26. The van der Waals surface area contributed by atoms with Crippen molar-refractivity contribution >= 4 is 24.8 Å². The molecule has 1 aromatic carbocycles. The average Bonchev–Trinajstić information content (AvgIpc) is 2.17. The van der Waals surface area contributed by atoms with Crippen LogP contribution in [0.25, 0.3) is 0 Å². The van der Waals surface area contributed by atoms with Crippen LogP contribution in [0.5, 0.6) is 0 Å². The molecule has 0 fully saturated rings. The van der Waals surface area contributed by atoms with Crippen LogP contribution >= 0.6 is 24.8 Å². The highest BCUT2D eigenvalue weighted by Crippen LogP contribution is 2.23. The first kappa shape index (κ1) is 17.8. The smallest absolute Gasteiger partial charge is 0.166 e. The third kappa shape index (κ3) is 2.76. The molecule has 0 saturated carbocycles. The van der Waals surface area contributed by atoms with Gasteiger partial charge in [-0.15, -0.1) is 24.8 Å². The van der Waals surface area contributed by atoms with Gasteiger partial charge < -0.3 is 11.5 Å². The average molecular weight is 281 g/mol. The predicted molar refractivity (Wildman–Crippen MR) is 56.6 cm³/mol. The number of rotatable bonds is 2. The Bertz CT molecular complexity index is 310. The fourth-order valence-corrected chi connectivity index (χ4v) is 1.08. The second kappa shape index (κ2) is 6.90. The van der Waals surface area contributed by atoms with E-state index in [2.05, 4.69) is 0 Å². The number of hydrogen-bond acceptors (Lipinski definition) is 2.